The maximum absolute atomic E-state index is 11.1. The first-order valence-electron chi connectivity index (χ1n) is 6.13. The number of carbonyl (C=O) groups excluding carboxylic acids is 1. The van der Waals surface area contributed by atoms with Crippen LogP contribution in [-0.4, -0.2) is 10.9 Å². The average molecular weight is 275 g/mol. The van der Waals surface area contributed by atoms with Gasteiger partial charge in [-0.25, -0.2) is 0 Å². The van der Waals surface area contributed by atoms with E-state index in [1.54, 1.807) is 23.6 Å². The van der Waals surface area contributed by atoms with Crippen molar-refractivity contribution in [3.05, 3.63) is 46.4 Å². The van der Waals surface area contributed by atoms with Crippen LogP contribution in [-0.2, 0) is 0 Å². The molecule has 1 unspecified atom stereocenters. The Bertz CT molecular complexity index is 552. The summed E-state index contributed by atoms with van der Waals surface area (Å²) in [5, 5.41) is 5.50. The fourth-order valence-electron chi connectivity index (χ4n) is 1.87. The molecule has 0 saturated carbocycles. The lowest BCUT2D eigenvalue weighted by molar-refractivity contribution is 0.0995. The number of carbonyl (C=O) groups is 1. The molecule has 4 nitrogen and oxygen atoms in total. The summed E-state index contributed by atoms with van der Waals surface area (Å²) in [5.74, 6) is -0.0790. The Morgan fingerprint density at radius 3 is 2.79 bits per heavy atom. The first-order valence-corrected chi connectivity index (χ1v) is 7.01. The van der Waals surface area contributed by atoms with Gasteiger partial charge < -0.3 is 11.1 Å². The van der Waals surface area contributed by atoms with Crippen LogP contribution in [0.25, 0.3) is 0 Å². The van der Waals surface area contributed by atoms with Gasteiger partial charge in [0.15, 0.2) is 0 Å². The van der Waals surface area contributed by atoms with Crippen molar-refractivity contribution in [1.82, 2.24) is 4.98 Å². The number of hydrogen-bond donors (Lipinski definition) is 2. The molecule has 0 aliphatic carbocycles. The van der Waals surface area contributed by atoms with E-state index >= 15 is 0 Å². The third-order valence-electron chi connectivity index (χ3n) is 2.85. The van der Waals surface area contributed by atoms with Gasteiger partial charge >= 0.3 is 0 Å². The van der Waals surface area contributed by atoms with Crippen LogP contribution in [0.4, 0.5) is 5.69 Å². The van der Waals surface area contributed by atoms with Crippen LogP contribution in [0.1, 0.15) is 35.3 Å². The van der Waals surface area contributed by atoms with Gasteiger partial charge in [0.1, 0.15) is 5.69 Å². The Labute approximate surface area is 116 Å². The maximum Gasteiger partial charge on any atom is 0.267 e. The molecule has 3 N–H and O–H groups in total. The van der Waals surface area contributed by atoms with Gasteiger partial charge in [0.2, 0.25) is 0 Å². The predicted octanol–water partition coefficient (Wildman–Crippen LogP) is 3.05. The number of pyridine rings is 1. The van der Waals surface area contributed by atoms with Crippen molar-refractivity contribution >= 4 is 22.9 Å². The highest BCUT2D eigenvalue weighted by molar-refractivity contribution is 7.10. The summed E-state index contributed by atoms with van der Waals surface area (Å²) in [6.45, 7) is 4.32. The maximum atomic E-state index is 11.1. The van der Waals surface area contributed by atoms with Gasteiger partial charge in [-0.15, -0.1) is 11.3 Å². The number of primary amides is 1. The Hall–Kier alpha value is -1.88. The number of nitrogens with zero attached hydrogens (tertiary/aromatic N) is 1. The van der Waals surface area contributed by atoms with E-state index in [4.69, 9.17) is 5.73 Å². The first kappa shape index (κ1) is 13.5. The lowest BCUT2D eigenvalue weighted by Gasteiger charge is -2.22. The van der Waals surface area contributed by atoms with E-state index in [2.05, 4.69) is 35.6 Å². The molecule has 2 aromatic rings. The van der Waals surface area contributed by atoms with Gasteiger partial charge in [0.05, 0.1) is 6.04 Å². The van der Waals surface area contributed by atoms with E-state index in [1.165, 1.54) is 4.88 Å². The lowest BCUT2D eigenvalue weighted by Crippen LogP contribution is -2.17. The molecule has 0 aliphatic rings. The van der Waals surface area contributed by atoms with Crippen LogP contribution in [0.3, 0.4) is 0 Å². The topological polar surface area (TPSA) is 68.0 Å². The van der Waals surface area contributed by atoms with E-state index in [0.717, 1.165) is 5.69 Å². The number of nitrogens with two attached hydrogens (primary N) is 1. The zero-order valence-electron chi connectivity index (χ0n) is 11.0. The average Bonchev–Trinajstić information content (AvgIpc) is 2.89. The minimum absolute atomic E-state index is 0.211. The molecule has 0 radical (unpaired) electrons. The molecule has 19 heavy (non-hydrogen) atoms. The molecule has 5 heteroatoms. The second kappa shape index (κ2) is 5.84. The lowest BCUT2D eigenvalue weighted by atomic mass is 10.0. The molecule has 0 spiro atoms. The number of nitrogens with one attached hydrogen (secondary N) is 1. The molecule has 1 atom stereocenters. The molecule has 0 fully saturated rings. The minimum Gasteiger partial charge on any atom is -0.377 e. The van der Waals surface area contributed by atoms with Gasteiger partial charge in [-0.2, -0.15) is 0 Å². The monoisotopic (exact) mass is 275 g/mol. The van der Waals surface area contributed by atoms with Crippen LogP contribution in [0.15, 0.2) is 35.8 Å². The highest BCUT2D eigenvalue weighted by atomic mass is 32.1. The summed E-state index contributed by atoms with van der Waals surface area (Å²) < 4.78 is 0. The zero-order valence-corrected chi connectivity index (χ0v) is 11.8. The van der Waals surface area contributed by atoms with Crippen molar-refractivity contribution in [2.45, 2.75) is 19.9 Å². The third kappa shape index (κ3) is 3.32. The van der Waals surface area contributed by atoms with Crippen molar-refractivity contribution in [2.75, 3.05) is 5.32 Å². The molecule has 0 aliphatic heterocycles. The Morgan fingerprint density at radius 2 is 2.21 bits per heavy atom. The molecule has 0 bridgehead atoms. The van der Waals surface area contributed by atoms with Crippen LogP contribution in [0.5, 0.6) is 0 Å². The molecular weight excluding hydrogens is 258 g/mol. The zero-order chi connectivity index (χ0) is 13.8. The molecular formula is C14H17N3OS. The Morgan fingerprint density at radius 1 is 1.42 bits per heavy atom. The second-order valence-electron chi connectivity index (χ2n) is 4.68. The molecule has 2 heterocycles. The number of thiophene rings is 1. The molecule has 2 aromatic heterocycles. The number of aromatic nitrogens is 1. The molecule has 2 rings (SSSR count). The van der Waals surface area contributed by atoms with Crippen LogP contribution in [0.2, 0.25) is 0 Å². The predicted molar refractivity (Wildman–Crippen MR) is 78.3 cm³/mol. The summed E-state index contributed by atoms with van der Waals surface area (Å²) in [7, 11) is 0. The molecule has 0 saturated heterocycles. The SMILES string of the molecule is CC(C)C(Nc1ccnc(C(N)=O)c1)c1cccs1. The first-order chi connectivity index (χ1) is 9.08. The molecule has 1 amide bonds. The van der Waals surface area contributed by atoms with Crippen molar-refractivity contribution in [3.8, 4) is 0 Å². The minimum atomic E-state index is -0.513. The second-order valence-corrected chi connectivity index (χ2v) is 5.65. The third-order valence-corrected chi connectivity index (χ3v) is 3.81. The van der Waals surface area contributed by atoms with Gasteiger partial charge in [-0.3, -0.25) is 9.78 Å². The summed E-state index contributed by atoms with van der Waals surface area (Å²) in [4.78, 5) is 16.3. The van der Waals surface area contributed by atoms with Gasteiger partial charge in [0, 0.05) is 16.8 Å². The number of amides is 1. The van der Waals surface area contributed by atoms with E-state index in [9.17, 15) is 4.79 Å². The van der Waals surface area contributed by atoms with Crippen molar-refractivity contribution in [3.63, 3.8) is 0 Å². The number of anilines is 1. The number of hydrogen-bond acceptors (Lipinski definition) is 4. The van der Waals surface area contributed by atoms with Crippen molar-refractivity contribution in [2.24, 2.45) is 11.7 Å². The van der Waals surface area contributed by atoms with E-state index < -0.39 is 5.91 Å². The van der Waals surface area contributed by atoms with E-state index in [1.807, 2.05) is 12.1 Å². The van der Waals surface area contributed by atoms with Crippen molar-refractivity contribution in [1.29, 1.82) is 0 Å². The van der Waals surface area contributed by atoms with E-state index in [-0.39, 0.29) is 11.7 Å². The van der Waals surface area contributed by atoms with E-state index in [0.29, 0.717) is 5.92 Å². The Kier molecular flexibility index (Phi) is 4.16. The summed E-state index contributed by atoms with van der Waals surface area (Å²) >= 11 is 1.72. The van der Waals surface area contributed by atoms with Gasteiger partial charge in [-0.05, 0) is 29.5 Å². The summed E-state index contributed by atoms with van der Waals surface area (Å²) in [6, 6.07) is 7.89. The number of rotatable bonds is 5. The fraction of sp³-hybridized carbons (Fsp3) is 0.286. The largest absolute Gasteiger partial charge is 0.377 e. The standard InChI is InChI=1S/C14H17N3OS/c1-9(2)13(12-4-3-7-19-12)17-10-5-6-16-11(8-10)14(15)18/h3-9,13H,1-2H3,(H2,15,18)(H,16,17). The summed E-state index contributed by atoms with van der Waals surface area (Å²) in [6.07, 6.45) is 1.59. The Balaban J connectivity index is 2.22. The van der Waals surface area contributed by atoms with Gasteiger partial charge in [-0.1, -0.05) is 19.9 Å². The summed E-state index contributed by atoms with van der Waals surface area (Å²) in [5.41, 5.74) is 6.37. The smallest absolute Gasteiger partial charge is 0.267 e. The van der Waals surface area contributed by atoms with Crippen LogP contribution in [0, 0.1) is 5.92 Å². The van der Waals surface area contributed by atoms with Crippen LogP contribution >= 0.6 is 11.3 Å². The van der Waals surface area contributed by atoms with Crippen molar-refractivity contribution < 1.29 is 4.79 Å². The molecule has 0 aromatic carbocycles. The highest BCUT2D eigenvalue weighted by Crippen LogP contribution is 2.29. The fourth-order valence-corrected chi connectivity index (χ4v) is 2.82. The normalized spacial score (nSPS) is 12.4. The molecule has 100 valence electrons. The highest BCUT2D eigenvalue weighted by Gasteiger charge is 2.17. The quantitative estimate of drug-likeness (QED) is 0.881. The van der Waals surface area contributed by atoms with Crippen LogP contribution < -0.4 is 11.1 Å². The van der Waals surface area contributed by atoms with Gasteiger partial charge in [0.25, 0.3) is 5.91 Å².